The van der Waals surface area contributed by atoms with Crippen LogP contribution in [0.25, 0.3) is 16.5 Å². The summed E-state index contributed by atoms with van der Waals surface area (Å²) in [4.78, 5) is 11.5. The lowest BCUT2D eigenvalue weighted by Gasteiger charge is -2.12. The molecule has 1 aromatic heterocycles. The molecule has 1 heterocycles. The first-order valence-electron chi connectivity index (χ1n) is 8.38. The maximum atomic E-state index is 11.5. The third-order valence-electron chi connectivity index (χ3n) is 4.04. The van der Waals surface area contributed by atoms with Gasteiger partial charge in [-0.05, 0) is 39.4 Å². The fraction of sp³-hybridized carbons (Fsp3) is 0.100. The highest BCUT2D eigenvalue weighted by Gasteiger charge is 2.14. The van der Waals surface area contributed by atoms with Gasteiger partial charge in [0.05, 0.1) is 5.69 Å². The molecular weight excluding hydrogens is 360 g/mol. The largest absolute Gasteiger partial charge is 0.426 e. The first-order chi connectivity index (χ1) is 13.2. The predicted molar refractivity (Wildman–Crippen MR) is 104 cm³/mol. The van der Waals surface area contributed by atoms with Crippen molar-refractivity contribution in [2.75, 3.05) is 0 Å². The Morgan fingerprint density at radius 3 is 2.63 bits per heavy atom. The third-order valence-corrected chi connectivity index (χ3v) is 4.98. The number of fused-ring (bicyclic) bond motifs is 1. The van der Waals surface area contributed by atoms with Crippen LogP contribution >= 0.6 is 11.8 Å². The highest BCUT2D eigenvalue weighted by molar-refractivity contribution is 7.98. The molecule has 0 aliphatic carbocycles. The van der Waals surface area contributed by atoms with Crippen LogP contribution in [0.1, 0.15) is 12.5 Å². The van der Waals surface area contributed by atoms with Gasteiger partial charge in [0.2, 0.25) is 5.16 Å². The Morgan fingerprint density at radius 2 is 1.81 bits per heavy atom. The van der Waals surface area contributed by atoms with Crippen LogP contribution < -0.4 is 4.74 Å². The Labute approximate surface area is 160 Å². The van der Waals surface area contributed by atoms with E-state index in [1.807, 2.05) is 66.7 Å². The number of esters is 1. The highest BCUT2D eigenvalue weighted by atomic mass is 32.2. The molecule has 0 aliphatic heterocycles. The summed E-state index contributed by atoms with van der Waals surface area (Å²) in [5, 5.41) is 14.8. The number of aromatic nitrogens is 4. The van der Waals surface area contributed by atoms with Crippen molar-refractivity contribution in [3.8, 4) is 11.4 Å². The van der Waals surface area contributed by atoms with Crippen molar-refractivity contribution in [2.24, 2.45) is 0 Å². The molecule has 7 heteroatoms. The SMILES string of the molecule is CC(=O)Oc1ccc2ccccc2c1CSc1nnnn1-c1ccccc1. The molecule has 0 atom stereocenters. The van der Waals surface area contributed by atoms with E-state index >= 15 is 0 Å². The maximum absolute atomic E-state index is 11.5. The number of carbonyl (C=O) groups is 1. The van der Waals surface area contributed by atoms with Gasteiger partial charge in [-0.1, -0.05) is 60.3 Å². The fourth-order valence-corrected chi connectivity index (χ4v) is 3.78. The molecule has 0 spiro atoms. The first-order valence-corrected chi connectivity index (χ1v) is 9.36. The molecule has 4 aromatic rings. The zero-order valence-electron chi connectivity index (χ0n) is 14.6. The normalized spacial score (nSPS) is 10.9. The Kier molecular flexibility index (Phi) is 4.84. The molecule has 27 heavy (non-hydrogen) atoms. The lowest BCUT2D eigenvalue weighted by atomic mass is 10.0. The Hall–Kier alpha value is -3.19. The predicted octanol–water partition coefficient (Wildman–Crippen LogP) is 4.03. The molecule has 0 N–H and O–H groups in total. The summed E-state index contributed by atoms with van der Waals surface area (Å²) in [6, 6.07) is 21.5. The van der Waals surface area contributed by atoms with Crippen LogP contribution in [0.5, 0.6) is 5.75 Å². The number of benzene rings is 3. The Bertz CT molecular complexity index is 1100. The quantitative estimate of drug-likeness (QED) is 0.297. The number of ether oxygens (including phenoxy) is 1. The number of para-hydroxylation sites is 1. The van der Waals surface area contributed by atoms with Gasteiger partial charge in [0.25, 0.3) is 0 Å². The monoisotopic (exact) mass is 376 g/mol. The van der Waals surface area contributed by atoms with Crippen LogP contribution in [-0.4, -0.2) is 26.2 Å². The van der Waals surface area contributed by atoms with Crippen LogP contribution in [0.15, 0.2) is 71.9 Å². The van der Waals surface area contributed by atoms with Gasteiger partial charge in [0.15, 0.2) is 0 Å². The van der Waals surface area contributed by atoms with E-state index in [0.29, 0.717) is 16.7 Å². The van der Waals surface area contributed by atoms with Gasteiger partial charge >= 0.3 is 5.97 Å². The number of nitrogens with zero attached hydrogens (tertiary/aromatic N) is 4. The summed E-state index contributed by atoms with van der Waals surface area (Å²) in [5.74, 6) is 0.787. The summed E-state index contributed by atoms with van der Waals surface area (Å²) in [7, 11) is 0. The van der Waals surface area contributed by atoms with Crippen LogP contribution in [0.4, 0.5) is 0 Å². The molecule has 0 bridgehead atoms. The summed E-state index contributed by atoms with van der Waals surface area (Å²) in [5.41, 5.74) is 1.83. The number of thioether (sulfide) groups is 1. The third kappa shape index (κ3) is 3.68. The molecule has 0 saturated heterocycles. The van der Waals surface area contributed by atoms with Crippen LogP contribution in [0.2, 0.25) is 0 Å². The van der Waals surface area contributed by atoms with Crippen molar-refractivity contribution in [3.63, 3.8) is 0 Å². The number of tetrazole rings is 1. The van der Waals surface area contributed by atoms with Gasteiger partial charge in [0.1, 0.15) is 5.75 Å². The first kappa shape index (κ1) is 17.2. The molecule has 3 aromatic carbocycles. The van der Waals surface area contributed by atoms with Crippen molar-refractivity contribution < 1.29 is 9.53 Å². The topological polar surface area (TPSA) is 69.9 Å². The van der Waals surface area contributed by atoms with E-state index in [-0.39, 0.29) is 5.97 Å². The van der Waals surface area contributed by atoms with E-state index in [2.05, 4.69) is 15.5 Å². The number of hydrogen-bond donors (Lipinski definition) is 0. The molecule has 4 rings (SSSR count). The van der Waals surface area contributed by atoms with Gasteiger partial charge in [-0.15, -0.1) is 5.10 Å². The van der Waals surface area contributed by atoms with E-state index in [1.54, 1.807) is 4.68 Å². The Morgan fingerprint density at radius 1 is 1.04 bits per heavy atom. The number of hydrogen-bond acceptors (Lipinski definition) is 6. The molecule has 0 amide bonds. The average molecular weight is 376 g/mol. The van der Waals surface area contributed by atoms with Crippen molar-refractivity contribution >= 4 is 28.5 Å². The van der Waals surface area contributed by atoms with Gasteiger partial charge in [0, 0.05) is 18.2 Å². The zero-order valence-corrected chi connectivity index (χ0v) is 15.4. The lowest BCUT2D eigenvalue weighted by Crippen LogP contribution is -2.04. The summed E-state index contributed by atoms with van der Waals surface area (Å²) >= 11 is 1.49. The average Bonchev–Trinajstić information content (AvgIpc) is 3.16. The second-order valence-electron chi connectivity index (χ2n) is 5.85. The molecular formula is C20H16N4O2S. The fourth-order valence-electron chi connectivity index (χ4n) is 2.85. The smallest absolute Gasteiger partial charge is 0.308 e. The minimum atomic E-state index is -0.342. The molecule has 0 unspecified atom stereocenters. The van der Waals surface area contributed by atoms with Crippen molar-refractivity contribution in [1.82, 2.24) is 20.2 Å². The van der Waals surface area contributed by atoms with Crippen LogP contribution in [0.3, 0.4) is 0 Å². The maximum Gasteiger partial charge on any atom is 0.308 e. The Balaban J connectivity index is 1.68. The van der Waals surface area contributed by atoms with E-state index in [0.717, 1.165) is 22.0 Å². The van der Waals surface area contributed by atoms with E-state index in [1.165, 1.54) is 18.7 Å². The zero-order chi connectivity index (χ0) is 18.6. The molecule has 0 aliphatic rings. The highest BCUT2D eigenvalue weighted by Crippen LogP contribution is 2.33. The van der Waals surface area contributed by atoms with E-state index < -0.39 is 0 Å². The van der Waals surface area contributed by atoms with Gasteiger partial charge in [-0.2, -0.15) is 4.68 Å². The van der Waals surface area contributed by atoms with Crippen LogP contribution in [-0.2, 0) is 10.5 Å². The molecule has 0 radical (unpaired) electrons. The molecule has 0 fully saturated rings. The minimum Gasteiger partial charge on any atom is -0.426 e. The summed E-state index contributed by atoms with van der Waals surface area (Å²) in [6.07, 6.45) is 0. The van der Waals surface area contributed by atoms with E-state index in [4.69, 9.17) is 4.74 Å². The van der Waals surface area contributed by atoms with Crippen molar-refractivity contribution in [2.45, 2.75) is 17.8 Å². The van der Waals surface area contributed by atoms with Crippen LogP contribution in [0, 0.1) is 0 Å². The molecule has 134 valence electrons. The van der Waals surface area contributed by atoms with Gasteiger partial charge in [-0.25, -0.2) is 0 Å². The number of carbonyl (C=O) groups excluding carboxylic acids is 1. The summed E-state index contributed by atoms with van der Waals surface area (Å²) in [6.45, 7) is 1.40. The van der Waals surface area contributed by atoms with Gasteiger partial charge in [-0.3, -0.25) is 4.79 Å². The second-order valence-corrected chi connectivity index (χ2v) is 6.80. The summed E-state index contributed by atoms with van der Waals surface area (Å²) < 4.78 is 7.12. The lowest BCUT2D eigenvalue weighted by molar-refractivity contribution is -0.131. The minimum absolute atomic E-state index is 0.342. The molecule has 0 saturated carbocycles. The molecule has 6 nitrogen and oxygen atoms in total. The number of rotatable bonds is 5. The second kappa shape index (κ2) is 7.59. The van der Waals surface area contributed by atoms with E-state index in [9.17, 15) is 4.79 Å². The standard InChI is InChI=1S/C20H16N4O2S/c1-14(25)26-19-12-11-15-7-5-6-10-17(15)18(19)13-27-20-21-22-23-24(20)16-8-3-2-4-9-16/h2-12H,13H2,1H3. The van der Waals surface area contributed by atoms with Crippen molar-refractivity contribution in [1.29, 1.82) is 0 Å². The van der Waals surface area contributed by atoms with Gasteiger partial charge < -0.3 is 4.74 Å². The van der Waals surface area contributed by atoms with Crippen molar-refractivity contribution in [3.05, 3.63) is 72.3 Å².